The molecule has 0 saturated heterocycles. The highest BCUT2D eigenvalue weighted by atomic mass is 15.0. The van der Waals surface area contributed by atoms with Gasteiger partial charge in [0.15, 0.2) is 5.82 Å². The van der Waals surface area contributed by atoms with Crippen molar-refractivity contribution in [1.29, 1.82) is 0 Å². The summed E-state index contributed by atoms with van der Waals surface area (Å²) in [4.78, 5) is 14.7. The highest BCUT2D eigenvalue weighted by Gasteiger charge is 2.12. The molecule has 0 unspecified atom stereocenters. The maximum atomic E-state index is 5.01. The molecule has 55 heavy (non-hydrogen) atoms. The molecule has 0 aliphatic heterocycles. The highest BCUT2D eigenvalue weighted by Crippen LogP contribution is 2.33. The van der Waals surface area contributed by atoms with Crippen LogP contribution in [0.1, 0.15) is 0 Å². The van der Waals surface area contributed by atoms with E-state index in [1.54, 1.807) is 0 Å². The second-order valence-corrected chi connectivity index (χ2v) is 13.8. The highest BCUT2D eigenvalue weighted by molar-refractivity contribution is 5.91. The van der Waals surface area contributed by atoms with Gasteiger partial charge in [-0.2, -0.15) is 0 Å². The number of hydrogen-bond donors (Lipinski definition) is 0. The second kappa shape index (κ2) is 13.8. The number of nitrogens with zero attached hydrogens (tertiary/aromatic N) is 4. The van der Waals surface area contributed by atoms with Crippen LogP contribution in [0.4, 0.5) is 0 Å². The average molecular weight is 703 g/mol. The molecule has 0 fully saturated rings. The molecule has 0 amide bonds. The van der Waals surface area contributed by atoms with Crippen molar-refractivity contribution in [3.8, 4) is 73.0 Å². The van der Waals surface area contributed by atoms with Crippen molar-refractivity contribution in [2.75, 3.05) is 0 Å². The normalized spacial score (nSPS) is 11.3. The summed E-state index contributed by atoms with van der Waals surface area (Å²) in [5.74, 6) is 0.717. The van der Waals surface area contributed by atoms with Gasteiger partial charge in [0.2, 0.25) is 0 Å². The van der Waals surface area contributed by atoms with Gasteiger partial charge in [-0.05, 0) is 86.6 Å². The van der Waals surface area contributed by atoms with Gasteiger partial charge in [-0.15, -0.1) is 0 Å². The Kier molecular flexibility index (Phi) is 8.12. The van der Waals surface area contributed by atoms with E-state index >= 15 is 0 Å². The van der Waals surface area contributed by atoms with Crippen molar-refractivity contribution in [2.45, 2.75) is 0 Å². The van der Waals surface area contributed by atoms with E-state index in [1.165, 1.54) is 33.0 Å². The molecule has 0 radical (unpaired) electrons. The zero-order chi connectivity index (χ0) is 36.6. The fourth-order valence-corrected chi connectivity index (χ4v) is 7.35. The molecule has 258 valence electrons. The molecule has 0 spiro atoms. The zero-order valence-electron chi connectivity index (χ0n) is 29.9. The van der Waals surface area contributed by atoms with Gasteiger partial charge in [-0.1, -0.05) is 158 Å². The summed E-state index contributed by atoms with van der Waals surface area (Å²) >= 11 is 0. The van der Waals surface area contributed by atoms with Crippen molar-refractivity contribution >= 4 is 21.8 Å². The van der Waals surface area contributed by atoms with E-state index < -0.39 is 0 Å². The number of rotatable bonds is 7. The Morgan fingerprint density at radius 3 is 1.36 bits per heavy atom. The third-order valence-electron chi connectivity index (χ3n) is 10.3. The molecule has 0 bridgehead atoms. The van der Waals surface area contributed by atoms with E-state index in [4.69, 9.17) is 15.0 Å². The lowest BCUT2D eigenvalue weighted by molar-refractivity contribution is 1.09. The van der Waals surface area contributed by atoms with E-state index in [1.807, 2.05) is 48.8 Å². The smallest absolute Gasteiger partial charge is 0.160 e. The van der Waals surface area contributed by atoms with Crippen LogP contribution in [0, 0.1) is 0 Å². The minimum absolute atomic E-state index is 0.717. The predicted molar refractivity (Wildman–Crippen MR) is 227 cm³/mol. The molecule has 4 heteroatoms. The summed E-state index contributed by atoms with van der Waals surface area (Å²) in [6.45, 7) is 0. The minimum atomic E-state index is 0.717. The van der Waals surface area contributed by atoms with Crippen LogP contribution < -0.4 is 0 Å². The summed E-state index contributed by atoms with van der Waals surface area (Å²) in [6, 6.07) is 70.4. The lowest BCUT2D eigenvalue weighted by atomic mass is 9.96. The van der Waals surface area contributed by atoms with Gasteiger partial charge in [0.1, 0.15) is 6.33 Å². The van der Waals surface area contributed by atoms with Gasteiger partial charge in [-0.3, -0.25) is 4.57 Å². The van der Waals surface area contributed by atoms with Crippen molar-refractivity contribution in [2.24, 2.45) is 0 Å². The lowest BCUT2D eigenvalue weighted by Gasteiger charge is -2.11. The van der Waals surface area contributed by atoms with Gasteiger partial charge in [0.05, 0.1) is 22.4 Å². The minimum Gasteiger partial charge on any atom is -0.299 e. The van der Waals surface area contributed by atoms with Crippen molar-refractivity contribution in [1.82, 2.24) is 19.5 Å². The fourth-order valence-electron chi connectivity index (χ4n) is 7.35. The molecule has 0 atom stereocenters. The average Bonchev–Trinajstić information content (AvgIpc) is 3.70. The zero-order valence-corrected chi connectivity index (χ0v) is 29.9. The van der Waals surface area contributed by atoms with Crippen LogP contribution in [0.2, 0.25) is 0 Å². The monoisotopic (exact) mass is 702 g/mol. The molecule has 0 aliphatic rings. The Morgan fingerprint density at radius 1 is 0.327 bits per heavy atom. The predicted octanol–water partition coefficient (Wildman–Crippen LogP) is 13.0. The molecule has 0 N–H and O–H groups in total. The standard InChI is InChI=1S/C51H34N4/c1-4-10-39(11-5-1)47-33-48(54-51(53-47)41-12-6-2-7-13-41)40-24-20-36(21-25-40)43-27-23-38-22-26-42(30-45(38)31-43)35-16-18-37(19-17-35)44-28-29-50-49(32-44)52-34-55(50)46-14-8-3-9-15-46/h1-34H. The van der Waals surface area contributed by atoms with Crippen LogP contribution in [-0.4, -0.2) is 19.5 Å². The summed E-state index contributed by atoms with van der Waals surface area (Å²) < 4.78 is 2.13. The Balaban J connectivity index is 0.917. The summed E-state index contributed by atoms with van der Waals surface area (Å²) in [7, 11) is 0. The van der Waals surface area contributed by atoms with Crippen LogP contribution in [0.3, 0.4) is 0 Å². The first-order valence-electron chi connectivity index (χ1n) is 18.5. The van der Waals surface area contributed by atoms with Crippen molar-refractivity contribution in [3.63, 3.8) is 0 Å². The second-order valence-electron chi connectivity index (χ2n) is 13.8. The summed E-state index contributed by atoms with van der Waals surface area (Å²) in [6.07, 6.45) is 1.90. The number of aromatic nitrogens is 4. The van der Waals surface area contributed by atoms with Crippen LogP contribution in [0.15, 0.2) is 207 Å². The molecular formula is C51H34N4. The Bertz CT molecular complexity index is 2880. The van der Waals surface area contributed by atoms with Gasteiger partial charge in [0.25, 0.3) is 0 Å². The molecule has 4 nitrogen and oxygen atoms in total. The third-order valence-corrected chi connectivity index (χ3v) is 10.3. The first-order valence-corrected chi connectivity index (χ1v) is 18.5. The number of benzene rings is 8. The first kappa shape index (κ1) is 32.2. The van der Waals surface area contributed by atoms with Crippen molar-refractivity contribution in [3.05, 3.63) is 207 Å². The number of hydrogen-bond acceptors (Lipinski definition) is 3. The molecule has 2 aromatic heterocycles. The molecule has 10 aromatic rings. The molecule has 0 aliphatic carbocycles. The fraction of sp³-hybridized carbons (Fsp3) is 0. The maximum absolute atomic E-state index is 5.01. The van der Waals surface area contributed by atoms with Gasteiger partial charge < -0.3 is 0 Å². The van der Waals surface area contributed by atoms with Gasteiger partial charge >= 0.3 is 0 Å². The van der Waals surface area contributed by atoms with E-state index in [9.17, 15) is 0 Å². The van der Waals surface area contributed by atoms with Crippen molar-refractivity contribution < 1.29 is 0 Å². The van der Waals surface area contributed by atoms with Crippen LogP contribution in [0.5, 0.6) is 0 Å². The van der Waals surface area contributed by atoms with Crippen LogP contribution in [0.25, 0.3) is 94.8 Å². The molecule has 2 heterocycles. The topological polar surface area (TPSA) is 43.6 Å². The number of imidazole rings is 1. The first-order chi connectivity index (χ1) is 27.2. The Labute approximate surface area is 319 Å². The molecule has 10 rings (SSSR count). The van der Waals surface area contributed by atoms with E-state index in [0.717, 1.165) is 61.8 Å². The van der Waals surface area contributed by atoms with E-state index in [0.29, 0.717) is 0 Å². The summed E-state index contributed by atoms with van der Waals surface area (Å²) in [5, 5.41) is 2.42. The molecule has 0 saturated carbocycles. The largest absolute Gasteiger partial charge is 0.299 e. The van der Waals surface area contributed by atoms with E-state index in [-0.39, 0.29) is 0 Å². The van der Waals surface area contributed by atoms with Gasteiger partial charge in [-0.25, -0.2) is 15.0 Å². The Morgan fingerprint density at radius 2 is 0.782 bits per heavy atom. The third kappa shape index (κ3) is 6.36. The van der Waals surface area contributed by atoms with E-state index in [2.05, 4.69) is 162 Å². The number of fused-ring (bicyclic) bond motifs is 2. The lowest BCUT2D eigenvalue weighted by Crippen LogP contribution is -1.95. The summed E-state index contributed by atoms with van der Waals surface area (Å²) in [5.41, 5.74) is 15.1. The maximum Gasteiger partial charge on any atom is 0.160 e. The SMILES string of the molecule is c1ccc(-c2cc(-c3ccc(-c4ccc5ccc(-c6ccc(-c7ccc8c(c7)ncn8-c7ccccc7)cc6)cc5c4)cc3)nc(-c3ccccc3)n2)cc1. The molecular weight excluding hydrogens is 669 g/mol. The molecule has 8 aromatic carbocycles. The quantitative estimate of drug-likeness (QED) is 0.166. The Hall–Kier alpha value is -7.43. The van der Waals surface area contributed by atoms with Crippen LogP contribution >= 0.6 is 0 Å². The van der Waals surface area contributed by atoms with Gasteiger partial charge in [0, 0.05) is 22.4 Å². The van der Waals surface area contributed by atoms with Crippen LogP contribution in [-0.2, 0) is 0 Å². The number of para-hydroxylation sites is 1.